The van der Waals surface area contributed by atoms with E-state index in [0.717, 1.165) is 16.9 Å². The molecule has 1 rings (SSSR count). The predicted molar refractivity (Wildman–Crippen MR) is 77.4 cm³/mol. The molecule has 4 N–H and O–H groups in total. The van der Waals surface area contributed by atoms with Crippen LogP contribution < -0.4 is 10.6 Å². The normalized spacial score (nSPS) is 11.7. The molecule has 1 aromatic heterocycles. The number of hydrogen-bond acceptors (Lipinski definition) is 4. The third kappa shape index (κ3) is 5.82. The lowest BCUT2D eigenvalue weighted by Crippen LogP contribution is -2.45. The topological polar surface area (TPSA) is 116 Å². The van der Waals surface area contributed by atoms with E-state index in [0.29, 0.717) is 6.54 Å². The van der Waals surface area contributed by atoms with E-state index < -0.39 is 24.0 Å². The van der Waals surface area contributed by atoms with E-state index in [9.17, 15) is 14.4 Å². The van der Waals surface area contributed by atoms with Crippen LogP contribution in [0.5, 0.6) is 0 Å². The molecule has 1 heterocycles. The fraction of sp³-hybridized carbons (Fsp3) is 0.462. The molecule has 0 radical (unpaired) electrons. The summed E-state index contributed by atoms with van der Waals surface area (Å²) in [6.07, 6.45) is 0.387. The van der Waals surface area contributed by atoms with Crippen LogP contribution in [0.2, 0.25) is 0 Å². The first-order valence-corrected chi connectivity index (χ1v) is 7.36. The van der Waals surface area contributed by atoms with Crippen LogP contribution in [0, 0.1) is 0 Å². The number of carboxylic acids is 2. The summed E-state index contributed by atoms with van der Waals surface area (Å²) in [5.74, 6) is -2.36. The van der Waals surface area contributed by atoms with Crippen molar-refractivity contribution in [2.24, 2.45) is 0 Å². The summed E-state index contributed by atoms with van der Waals surface area (Å²) in [5.41, 5.74) is 1.14. The zero-order valence-electron chi connectivity index (χ0n) is 11.6. The number of aliphatic carboxylic acids is 2. The van der Waals surface area contributed by atoms with E-state index in [2.05, 4.69) is 10.6 Å². The molecule has 0 aromatic carbocycles. The molecule has 0 aliphatic carbocycles. The summed E-state index contributed by atoms with van der Waals surface area (Å²) in [4.78, 5) is 34.1. The minimum Gasteiger partial charge on any atom is -0.481 e. The lowest BCUT2D eigenvalue weighted by Gasteiger charge is -2.14. The molecular weight excluding hydrogens is 296 g/mol. The fourth-order valence-corrected chi connectivity index (χ4v) is 2.65. The van der Waals surface area contributed by atoms with Crippen molar-refractivity contribution in [2.75, 3.05) is 0 Å². The van der Waals surface area contributed by atoms with E-state index in [4.69, 9.17) is 10.2 Å². The van der Waals surface area contributed by atoms with Crippen LogP contribution in [0.15, 0.2) is 11.4 Å². The monoisotopic (exact) mass is 314 g/mol. The van der Waals surface area contributed by atoms with Gasteiger partial charge >= 0.3 is 18.0 Å². The Morgan fingerprint density at radius 3 is 2.62 bits per heavy atom. The Labute approximate surface area is 126 Å². The lowest BCUT2D eigenvalue weighted by atomic mass is 10.1. The summed E-state index contributed by atoms with van der Waals surface area (Å²) in [6, 6.07) is 0.144. The number of rotatable bonds is 8. The van der Waals surface area contributed by atoms with Crippen molar-refractivity contribution >= 4 is 29.3 Å². The maximum absolute atomic E-state index is 11.7. The smallest absolute Gasteiger partial charge is 0.326 e. The van der Waals surface area contributed by atoms with Gasteiger partial charge < -0.3 is 20.8 Å². The second-order valence-corrected chi connectivity index (χ2v) is 5.37. The van der Waals surface area contributed by atoms with E-state index in [1.54, 1.807) is 0 Å². The van der Waals surface area contributed by atoms with Gasteiger partial charge in [0.2, 0.25) is 0 Å². The van der Waals surface area contributed by atoms with Gasteiger partial charge in [0, 0.05) is 11.3 Å². The van der Waals surface area contributed by atoms with Gasteiger partial charge in [-0.2, -0.15) is 0 Å². The first-order chi connectivity index (χ1) is 9.93. The highest BCUT2D eigenvalue weighted by molar-refractivity contribution is 7.10. The molecule has 1 atom stereocenters. The molecule has 2 amide bonds. The molecule has 7 nitrogen and oxygen atoms in total. The fourth-order valence-electron chi connectivity index (χ4n) is 1.73. The second kappa shape index (κ2) is 8.25. The molecule has 8 heteroatoms. The van der Waals surface area contributed by atoms with Gasteiger partial charge in [0.15, 0.2) is 0 Å². The number of carbonyl (C=O) groups excluding carboxylic acids is 1. The van der Waals surface area contributed by atoms with Crippen molar-refractivity contribution in [3.05, 3.63) is 21.9 Å². The standard InChI is InChI=1S/C13H18N2O5S/c1-2-8-5-6-21-10(8)7-14-13(20)15-9(12(18)19)3-4-11(16)17/h5-6,9H,2-4,7H2,1H3,(H,16,17)(H,18,19)(H2,14,15,20)/t9-/m0/s1. The molecule has 0 aliphatic heterocycles. The number of hydrogen-bond donors (Lipinski definition) is 4. The number of urea groups is 1. The zero-order chi connectivity index (χ0) is 15.8. The maximum Gasteiger partial charge on any atom is 0.326 e. The summed E-state index contributed by atoms with van der Waals surface area (Å²) >= 11 is 1.52. The average Bonchev–Trinajstić information content (AvgIpc) is 2.88. The predicted octanol–water partition coefficient (Wildman–Crippen LogP) is 1.43. The van der Waals surface area contributed by atoms with Crippen LogP contribution in [0.1, 0.15) is 30.2 Å². The van der Waals surface area contributed by atoms with Crippen LogP contribution in [0.25, 0.3) is 0 Å². The van der Waals surface area contributed by atoms with Gasteiger partial charge in [-0.25, -0.2) is 9.59 Å². The van der Waals surface area contributed by atoms with Gasteiger partial charge in [-0.05, 0) is 29.9 Å². The number of aryl methyl sites for hydroxylation is 1. The Morgan fingerprint density at radius 2 is 2.05 bits per heavy atom. The Bertz CT molecular complexity index is 514. The molecule has 0 fully saturated rings. The van der Waals surface area contributed by atoms with Gasteiger partial charge in [-0.3, -0.25) is 4.79 Å². The minimum atomic E-state index is -1.25. The molecule has 0 unspecified atom stereocenters. The van der Waals surface area contributed by atoms with E-state index in [1.165, 1.54) is 11.3 Å². The van der Waals surface area contributed by atoms with Gasteiger partial charge in [-0.1, -0.05) is 6.92 Å². The highest BCUT2D eigenvalue weighted by Crippen LogP contribution is 2.16. The highest BCUT2D eigenvalue weighted by Gasteiger charge is 2.20. The largest absolute Gasteiger partial charge is 0.481 e. The summed E-state index contributed by atoms with van der Waals surface area (Å²) in [5, 5.41) is 24.3. The van der Waals surface area contributed by atoms with Crippen LogP contribution in [0.3, 0.4) is 0 Å². The second-order valence-electron chi connectivity index (χ2n) is 4.37. The van der Waals surface area contributed by atoms with Crippen LogP contribution in [-0.4, -0.2) is 34.2 Å². The summed E-state index contributed by atoms with van der Waals surface area (Å²) < 4.78 is 0. The first kappa shape index (κ1) is 17.0. The molecular formula is C13H18N2O5S. The van der Waals surface area contributed by atoms with Gasteiger partial charge in [-0.15, -0.1) is 11.3 Å². The Kier molecular flexibility index (Phi) is 6.67. The number of nitrogens with one attached hydrogen (secondary N) is 2. The van der Waals surface area contributed by atoms with Crippen molar-refractivity contribution in [1.29, 1.82) is 0 Å². The van der Waals surface area contributed by atoms with E-state index in [-0.39, 0.29) is 12.8 Å². The van der Waals surface area contributed by atoms with Crippen molar-refractivity contribution in [1.82, 2.24) is 10.6 Å². The number of amides is 2. The number of carboxylic acid groups (broad SMARTS) is 2. The molecule has 0 saturated heterocycles. The van der Waals surface area contributed by atoms with Crippen LogP contribution >= 0.6 is 11.3 Å². The van der Waals surface area contributed by atoms with Gasteiger partial charge in [0.25, 0.3) is 0 Å². The van der Waals surface area contributed by atoms with Crippen molar-refractivity contribution in [2.45, 2.75) is 38.8 Å². The molecule has 21 heavy (non-hydrogen) atoms. The van der Waals surface area contributed by atoms with Crippen molar-refractivity contribution in [3.8, 4) is 0 Å². The maximum atomic E-state index is 11.7. The van der Waals surface area contributed by atoms with Gasteiger partial charge in [0.1, 0.15) is 6.04 Å². The summed E-state index contributed by atoms with van der Waals surface area (Å²) in [6.45, 7) is 2.33. The first-order valence-electron chi connectivity index (χ1n) is 6.48. The minimum absolute atomic E-state index is 0.155. The van der Waals surface area contributed by atoms with Gasteiger partial charge in [0.05, 0.1) is 6.54 Å². The highest BCUT2D eigenvalue weighted by atomic mass is 32.1. The average molecular weight is 314 g/mol. The Balaban J connectivity index is 2.46. The summed E-state index contributed by atoms with van der Waals surface area (Å²) in [7, 11) is 0. The van der Waals surface area contributed by atoms with Crippen LogP contribution in [-0.2, 0) is 22.6 Å². The molecule has 1 aromatic rings. The van der Waals surface area contributed by atoms with Crippen molar-refractivity contribution < 1.29 is 24.6 Å². The molecule has 0 spiro atoms. The Hall–Kier alpha value is -2.09. The molecule has 116 valence electrons. The Morgan fingerprint density at radius 1 is 1.33 bits per heavy atom. The molecule has 0 saturated carbocycles. The number of carbonyl (C=O) groups is 3. The van der Waals surface area contributed by atoms with E-state index in [1.807, 2.05) is 18.4 Å². The third-order valence-electron chi connectivity index (χ3n) is 2.88. The van der Waals surface area contributed by atoms with Crippen molar-refractivity contribution in [3.63, 3.8) is 0 Å². The quantitative estimate of drug-likeness (QED) is 0.579. The molecule has 0 aliphatic rings. The lowest BCUT2D eigenvalue weighted by molar-refractivity contribution is -0.140. The van der Waals surface area contributed by atoms with E-state index >= 15 is 0 Å². The third-order valence-corrected chi connectivity index (χ3v) is 3.84. The number of thiophene rings is 1. The SMILES string of the molecule is CCc1ccsc1CNC(=O)N[C@@H](CCC(=O)O)C(=O)O. The zero-order valence-corrected chi connectivity index (χ0v) is 12.4. The molecule has 0 bridgehead atoms. The van der Waals surface area contributed by atoms with Crippen LogP contribution in [0.4, 0.5) is 4.79 Å².